The minimum Gasteiger partial charge on any atom is -0.327 e. The molecule has 0 saturated carbocycles. The molecule has 0 aliphatic carbocycles. The first kappa shape index (κ1) is 20.8. The molecule has 0 aromatic heterocycles. The van der Waals surface area contributed by atoms with Crippen molar-refractivity contribution in [2.24, 2.45) is 0 Å². The van der Waals surface area contributed by atoms with E-state index in [0.717, 1.165) is 26.9 Å². The van der Waals surface area contributed by atoms with Gasteiger partial charge in [0.25, 0.3) is 0 Å². The number of rotatable bonds is 4. The van der Waals surface area contributed by atoms with E-state index >= 15 is 0 Å². The van der Waals surface area contributed by atoms with Crippen molar-refractivity contribution in [3.8, 4) is 0 Å². The predicted octanol–water partition coefficient (Wildman–Crippen LogP) is 2.49. The van der Waals surface area contributed by atoms with E-state index in [1.165, 1.54) is 24.3 Å². The second-order valence-electron chi connectivity index (χ2n) is 6.83. The molecule has 0 bridgehead atoms. The lowest BCUT2D eigenvalue weighted by Crippen LogP contribution is -3.14. The van der Waals surface area contributed by atoms with Gasteiger partial charge in [-0.3, -0.25) is 0 Å². The first-order valence-electron chi connectivity index (χ1n) is 8.87. The molecule has 0 unspecified atom stereocenters. The number of nitrogens with one attached hydrogen (secondary N) is 1. The molecule has 1 N–H and O–H groups in total. The Morgan fingerprint density at radius 2 is 1.57 bits per heavy atom. The quantitative estimate of drug-likeness (QED) is 0.777. The zero-order chi connectivity index (χ0) is 20.5. The number of sulfonamides is 1. The second kappa shape index (κ2) is 7.81. The monoisotopic (exact) mass is 417 g/mol. The Bertz CT molecular complexity index is 922. The fraction of sp³-hybridized carbons (Fsp3) is 0.368. The van der Waals surface area contributed by atoms with Crippen LogP contribution in [-0.4, -0.2) is 38.9 Å². The van der Waals surface area contributed by atoms with E-state index in [1.54, 1.807) is 12.1 Å². The van der Waals surface area contributed by atoms with Gasteiger partial charge >= 0.3 is 6.18 Å². The predicted molar refractivity (Wildman–Crippen MR) is 95.7 cm³/mol. The first-order valence-corrected chi connectivity index (χ1v) is 10.3. The van der Waals surface area contributed by atoms with E-state index < -0.39 is 26.7 Å². The lowest BCUT2D eigenvalue weighted by atomic mass is 10.1. The Balaban J connectivity index is 1.75. The summed E-state index contributed by atoms with van der Waals surface area (Å²) in [6, 6.07) is 10.4. The third kappa shape index (κ3) is 4.21. The lowest BCUT2D eigenvalue weighted by molar-refractivity contribution is -0.933. The van der Waals surface area contributed by atoms with Crippen molar-refractivity contribution in [2.45, 2.75) is 24.0 Å². The molecule has 1 atom stereocenters. The summed E-state index contributed by atoms with van der Waals surface area (Å²) < 4.78 is 79.5. The van der Waals surface area contributed by atoms with Gasteiger partial charge in [-0.15, -0.1) is 0 Å². The zero-order valence-corrected chi connectivity index (χ0v) is 16.0. The van der Waals surface area contributed by atoms with E-state index in [-0.39, 0.29) is 24.9 Å². The van der Waals surface area contributed by atoms with Crippen LogP contribution in [0.2, 0.25) is 0 Å². The first-order chi connectivity index (χ1) is 13.1. The third-order valence-electron chi connectivity index (χ3n) is 5.16. The highest BCUT2D eigenvalue weighted by atomic mass is 32.2. The molecular weight excluding hydrogens is 396 g/mol. The highest BCUT2D eigenvalue weighted by Crippen LogP contribution is 2.35. The van der Waals surface area contributed by atoms with E-state index in [4.69, 9.17) is 0 Å². The molecular formula is C19H21F4N2O2S+. The number of alkyl halides is 3. The number of halogens is 4. The van der Waals surface area contributed by atoms with Crippen LogP contribution in [0.25, 0.3) is 0 Å². The summed E-state index contributed by atoms with van der Waals surface area (Å²) in [6.45, 7) is 3.11. The van der Waals surface area contributed by atoms with Crippen LogP contribution in [0.1, 0.15) is 24.1 Å². The molecule has 4 nitrogen and oxygen atoms in total. The van der Waals surface area contributed by atoms with Crippen LogP contribution in [-0.2, 0) is 16.2 Å². The summed E-state index contributed by atoms with van der Waals surface area (Å²) in [4.78, 5) is 0.389. The maximum atomic E-state index is 13.2. The maximum Gasteiger partial charge on any atom is 0.417 e. The van der Waals surface area contributed by atoms with Gasteiger partial charge in [0.1, 0.15) is 11.9 Å². The van der Waals surface area contributed by atoms with Gasteiger partial charge in [-0.1, -0.05) is 24.3 Å². The number of benzene rings is 2. The van der Waals surface area contributed by atoms with Crippen LogP contribution in [0.3, 0.4) is 0 Å². The molecule has 0 spiro atoms. The highest BCUT2D eigenvalue weighted by molar-refractivity contribution is 7.89. The fourth-order valence-electron chi connectivity index (χ4n) is 3.50. The lowest BCUT2D eigenvalue weighted by Gasteiger charge is -2.35. The van der Waals surface area contributed by atoms with Crippen molar-refractivity contribution in [3.63, 3.8) is 0 Å². The average Bonchev–Trinajstić information content (AvgIpc) is 2.67. The standard InChI is InChI=1S/C19H20F4N2O2S/c1-14(15-6-8-16(20)9-7-15)24-10-12-25(13-11-24)28(26,27)18-5-3-2-4-17(18)19(21,22)23/h2-9,14H,10-13H2,1H3/p+1/t14-/m0/s1. The molecule has 1 saturated heterocycles. The van der Waals surface area contributed by atoms with Crippen LogP contribution in [0.4, 0.5) is 17.6 Å². The van der Waals surface area contributed by atoms with E-state index in [9.17, 15) is 26.0 Å². The molecule has 152 valence electrons. The number of nitrogens with zero attached hydrogens (tertiary/aromatic N) is 1. The summed E-state index contributed by atoms with van der Waals surface area (Å²) in [5, 5.41) is 0. The molecule has 0 amide bonds. The molecule has 9 heteroatoms. The van der Waals surface area contributed by atoms with Gasteiger partial charge in [0.2, 0.25) is 10.0 Å². The van der Waals surface area contributed by atoms with Crippen molar-refractivity contribution in [2.75, 3.05) is 26.2 Å². The number of quaternary nitrogens is 1. The minimum absolute atomic E-state index is 0.0212. The largest absolute Gasteiger partial charge is 0.417 e. The van der Waals surface area contributed by atoms with Crippen molar-refractivity contribution >= 4 is 10.0 Å². The molecule has 1 aliphatic rings. The summed E-state index contributed by atoms with van der Waals surface area (Å²) in [5.74, 6) is -0.329. The Labute approximate surface area is 161 Å². The average molecular weight is 417 g/mol. The maximum absolute atomic E-state index is 13.2. The third-order valence-corrected chi connectivity index (χ3v) is 7.11. The summed E-state index contributed by atoms with van der Waals surface area (Å²) in [7, 11) is -4.24. The topological polar surface area (TPSA) is 41.8 Å². The molecule has 1 heterocycles. The summed E-state index contributed by atoms with van der Waals surface area (Å²) in [5.41, 5.74) is -0.223. The van der Waals surface area contributed by atoms with Crippen molar-refractivity contribution in [1.82, 2.24) is 4.31 Å². The fourth-order valence-corrected chi connectivity index (χ4v) is 5.15. The molecule has 28 heavy (non-hydrogen) atoms. The van der Waals surface area contributed by atoms with E-state index in [2.05, 4.69) is 0 Å². The zero-order valence-electron chi connectivity index (χ0n) is 15.2. The van der Waals surface area contributed by atoms with Gasteiger partial charge < -0.3 is 4.90 Å². The Kier molecular flexibility index (Phi) is 5.79. The van der Waals surface area contributed by atoms with Crippen LogP contribution in [0, 0.1) is 5.82 Å². The highest BCUT2D eigenvalue weighted by Gasteiger charge is 2.40. The molecule has 1 fully saturated rings. The molecule has 1 aliphatic heterocycles. The molecule has 3 rings (SSSR count). The summed E-state index contributed by atoms with van der Waals surface area (Å²) >= 11 is 0. The van der Waals surface area contributed by atoms with Crippen LogP contribution >= 0.6 is 0 Å². The molecule has 0 radical (unpaired) electrons. The van der Waals surface area contributed by atoms with E-state index in [1.807, 2.05) is 6.92 Å². The van der Waals surface area contributed by atoms with Gasteiger partial charge in [-0.05, 0) is 31.2 Å². The normalized spacial score (nSPS) is 18.2. The van der Waals surface area contributed by atoms with Gasteiger partial charge in [0, 0.05) is 5.56 Å². The van der Waals surface area contributed by atoms with Crippen LogP contribution in [0.15, 0.2) is 53.4 Å². The van der Waals surface area contributed by atoms with Gasteiger partial charge in [-0.25, -0.2) is 12.8 Å². The van der Waals surface area contributed by atoms with Gasteiger partial charge in [0.15, 0.2) is 0 Å². The molecule has 2 aromatic carbocycles. The Hall–Kier alpha value is -1.97. The Morgan fingerprint density at radius 1 is 1.00 bits per heavy atom. The van der Waals surface area contributed by atoms with Crippen molar-refractivity contribution in [3.05, 3.63) is 65.5 Å². The minimum atomic E-state index is -4.74. The SMILES string of the molecule is C[C@@H](c1ccc(F)cc1)[NH+]1CCN(S(=O)(=O)c2ccccc2C(F)(F)F)CC1. The van der Waals surface area contributed by atoms with Gasteiger partial charge in [0.05, 0.1) is 36.6 Å². The van der Waals surface area contributed by atoms with Crippen molar-refractivity contribution in [1.29, 1.82) is 0 Å². The van der Waals surface area contributed by atoms with Crippen molar-refractivity contribution < 1.29 is 30.9 Å². The summed E-state index contributed by atoms with van der Waals surface area (Å²) in [6.07, 6.45) is -4.74. The number of hydrogen-bond donors (Lipinski definition) is 1. The number of piperazine rings is 1. The van der Waals surface area contributed by atoms with E-state index in [0.29, 0.717) is 13.1 Å². The van der Waals surface area contributed by atoms with Crippen LogP contribution in [0.5, 0.6) is 0 Å². The molecule has 2 aromatic rings. The Morgan fingerprint density at radius 3 is 2.14 bits per heavy atom. The second-order valence-corrected chi connectivity index (χ2v) is 8.74. The van der Waals surface area contributed by atoms with Crippen LogP contribution < -0.4 is 4.90 Å². The smallest absolute Gasteiger partial charge is 0.327 e. The number of hydrogen-bond acceptors (Lipinski definition) is 2. The van der Waals surface area contributed by atoms with Gasteiger partial charge in [-0.2, -0.15) is 17.5 Å².